The summed E-state index contributed by atoms with van der Waals surface area (Å²) in [6.45, 7) is 4.06. The molecule has 1 N–H and O–H groups in total. The number of hydrogen-bond acceptors (Lipinski definition) is 3. The largest absolute Gasteiger partial charge is 0.345 e. The second-order valence-corrected chi connectivity index (χ2v) is 6.45. The van der Waals surface area contributed by atoms with Crippen molar-refractivity contribution >= 4 is 11.4 Å². The lowest BCUT2D eigenvalue weighted by atomic mass is 9.89. The van der Waals surface area contributed by atoms with E-state index in [1.165, 1.54) is 11.1 Å². The van der Waals surface area contributed by atoms with Crippen LogP contribution >= 0.6 is 0 Å². The number of carbonyl (C=O) groups excluding carboxylic acids is 1. The summed E-state index contributed by atoms with van der Waals surface area (Å²) < 4.78 is 1.84. The molecule has 0 saturated heterocycles. The Bertz CT molecular complexity index is 928. The van der Waals surface area contributed by atoms with Crippen molar-refractivity contribution in [3.05, 3.63) is 64.7 Å². The lowest BCUT2D eigenvalue weighted by Gasteiger charge is -2.25. The van der Waals surface area contributed by atoms with E-state index in [0.29, 0.717) is 5.56 Å². The quantitative estimate of drug-likeness (QED) is 0.789. The number of carbonyl (C=O) groups is 1. The number of fused-ring (bicyclic) bond motifs is 2. The van der Waals surface area contributed by atoms with Gasteiger partial charge >= 0.3 is 0 Å². The Kier molecular flexibility index (Phi) is 3.56. The van der Waals surface area contributed by atoms with E-state index in [-0.39, 0.29) is 11.9 Å². The number of pyridine rings is 2. The number of nitrogens with one attached hydrogen (secondary N) is 1. The number of aromatic nitrogens is 3. The molecule has 1 aliphatic carbocycles. The fourth-order valence-electron chi connectivity index (χ4n) is 3.48. The summed E-state index contributed by atoms with van der Waals surface area (Å²) in [6.07, 6.45) is 8.43. The molecule has 122 valence electrons. The minimum absolute atomic E-state index is 0.0470. The number of rotatable bonds is 2. The van der Waals surface area contributed by atoms with E-state index >= 15 is 0 Å². The molecular formula is C19H20N4O. The Labute approximate surface area is 140 Å². The van der Waals surface area contributed by atoms with Crippen molar-refractivity contribution in [2.45, 2.75) is 39.2 Å². The molecule has 3 aromatic rings. The highest BCUT2D eigenvalue weighted by atomic mass is 16.1. The van der Waals surface area contributed by atoms with Gasteiger partial charge in [-0.25, -0.2) is 4.52 Å². The maximum Gasteiger partial charge on any atom is 0.255 e. The highest BCUT2D eigenvalue weighted by Crippen LogP contribution is 2.29. The smallest absolute Gasteiger partial charge is 0.255 e. The van der Waals surface area contributed by atoms with Crippen LogP contribution in [0.3, 0.4) is 0 Å². The Morgan fingerprint density at radius 2 is 2.12 bits per heavy atom. The van der Waals surface area contributed by atoms with E-state index in [9.17, 15) is 4.79 Å². The van der Waals surface area contributed by atoms with Gasteiger partial charge in [0.2, 0.25) is 0 Å². The Balaban J connectivity index is 1.65. The number of amides is 1. The van der Waals surface area contributed by atoms with Crippen molar-refractivity contribution in [2.24, 2.45) is 0 Å². The van der Waals surface area contributed by atoms with Crippen LogP contribution < -0.4 is 5.32 Å². The molecule has 0 aromatic carbocycles. The Hall–Kier alpha value is -2.69. The molecule has 24 heavy (non-hydrogen) atoms. The van der Waals surface area contributed by atoms with Crippen molar-refractivity contribution in [3.63, 3.8) is 0 Å². The molecule has 0 unspecified atom stereocenters. The minimum Gasteiger partial charge on any atom is -0.345 e. The summed E-state index contributed by atoms with van der Waals surface area (Å²) in [6, 6.07) is 6.06. The SMILES string of the molecule is Cc1ccc2c(C(=O)N[C@H]3CCCc4cnccc43)cnn2c1C. The van der Waals surface area contributed by atoms with Crippen LogP contribution in [-0.4, -0.2) is 20.5 Å². The fourth-order valence-corrected chi connectivity index (χ4v) is 3.48. The van der Waals surface area contributed by atoms with Gasteiger partial charge in [0.1, 0.15) is 0 Å². The topological polar surface area (TPSA) is 59.3 Å². The van der Waals surface area contributed by atoms with Crippen LogP contribution in [0.1, 0.15) is 51.6 Å². The highest BCUT2D eigenvalue weighted by Gasteiger charge is 2.23. The van der Waals surface area contributed by atoms with Gasteiger partial charge in [0.25, 0.3) is 5.91 Å². The van der Waals surface area contributed by atoms with E-state index in [1.54, 1.807) is 12.4 Å². The van der Waals surface area contributed by atoms with Gasteiger partial charge in [-0.1, -0.05) is 6.07 Å². The normalized spacial score (nSPS) is 16.8. The molecular weight excluding hydrogens is 300 g/mol. The molecule has 5 heteroatoms. The Morgan fingerprint density at radius 1 is 1.25 bits per heavy atom. The third-order valence-corrected chi connectivity index (χ3v) is 4.99. The first-order valence-electron chi connectivity index (χ1n) is 8.33. The molecule has 1 amide bonds. The molecule has 1 aliphatic rings. The van der Waals surface area contributed by atoms with E-state index in [1.807, 2.05) is 42.8 Å². The summed E-state index contributed by atoms with van der Waals surface area (Å²) in [5.74, 6) is -0.0667. The van der Waals surface area contributed by atoms with Crippen LogP contribution in [0.25, 0.3) is 5.52 Å². The van der Waals surface area contributed by atoms with Gasteiger partial charge in [-0.2, -0.15) is 5.10 Å². The summed E-state index contributed by atoms with van der Waals surface area (Å²) in [4.78, 5) is 17.0. The first-order valence-corrected chi connectivity index (χ1v) is 8.33. The van der Waals surface area contributed by atoms with E-state index in [0.717, 1.165) is 36.0 Å². The molecule has 0 fully saturated rings. The maximum atomic E-state index is 12.8. The minimum atomic E-state index is -0.0667. The van der Waals surface area contributed by atoms with Gasteiger partial charge < -0.3 is 5.32 Å². The second kappa shape index (κ2) is 5.74. The van der Waals surface area contributed by atoms with Crippen molar-refractivity contribution < 1.29 is 4.79 Å². The molecule has 3 aromatic heterocycles. The first-order chi connectivity index (χ1) is 11.6. The van der Waals surface area contributed by atoms with Crippen LogP contribution in [0.2, 0.25) is 0 Å². The molecule has 0 aliphatic heterocycles. The third-order valence-electron chi connectivity index (χ3n) is 4.99. The first kappa shape index (κ1) is 14.9. The monoisotopic (exact) mass is 320 g/mol. The number of aryl methyl sites for hydroxylation is 3. The van der Waals surface area contributed by atoms with Crippen LogP contribution in [0.15, 0.2) is 36.8 Å². The van der Waals surface area contributed by atoms with Gasteiger partial charge in [0, 0.05) is 18.1 Å². The second-order valence-electron chi connectivity index (χ2n) is 6.45. The number of hydrogen-bond donors (Lipinski definition) is 1. The van der Waals surface area contributed by atoms with E-state index in [4.69, 9.17) is 0 Å². The summed E-state index contributed by atoms with van der Waals surface area (Å²) in [5.41, 5.74) is 6.11. The molecule has 3 heterocycles. The standard InChI is InChI=1S/C19H20N4O/c1-12-6-7-18-16(11-21-23(18)13(12)2)19(24)22-17-5-3-4-14-10-20-9-8-15(14)17/h6-11,17H,3-5H2,1-2H3,(H,22,24)/t17-/m0/s1. The van der Waals surface area contributed by atoms with Crippen molar-refractivity contribution in [3.8, 4) is 0 Å². The van der Waals surface area contributed by atoms with Gasteiger partial charge in [-0.05, 0) is 61.9 Å². The van der Waals surface area contributed by atoms with Crippen molar-refractivity contribution in [1.82, 2.24) is 19.9 Å². The highest BCUT2D eigenvalue weighted by molar-refractivity contribution is 6.00. The zero-order chi connectivity index (χ0) is 16.7. The van der Waals surface area contributed by atoms with Gasteiger partial charge in [-0.15, -0.1) is 0 Å². The summed E-state index contributed by atoms with van der Waals surface area (Å²) >= 11 is 0. The maximum absolute atomic E-state index is 12.8. The fraction of sp³-hybridized carbons (Fsp3) is 0.316. The van der Waals surface area contributed by atoms with Gasteiger partial charge in [0.05, 0.1) is 23.3 Å². The van der Waals surface area contributed by atoms with Crippen LogP contribution in [0.5, 0.6) is 0 Å². The van der Waals surface area contributed by atoms with E-state index in [2.05, 4.69) is 15.4 Å². The van der Waals surface area contributed by atoms with Crippen molar-refractivity contribution in [2.75, 3.05) is 0 Å². The third kappa shape index (κ3) is 2.37. The van der Waals surface area contributed by atoms with Crippen LogP contribution in [0, 0.1) is 13.8 Å². The zero-order valence-electron chi connectivity index (χ0n) is 13.9. The molecule has 5 nitrogen and oxygen atoms in total. The average Bonchev–Trinajstić information content (AvgIpc) is 3.03. The lowest BCUT2D eigenvalue weighted by molar-refractivity contribution is 0.0934. The Morgan fingerprint density at radius 3 is 3.00 bits per heavy atom. The average molecular weight is 320 g/mol. The predicted octanol–water partition coefficient (Wildman–Crippen LogP) is 3.15. The van der Waals surface area contributed by atoms with Crippen LogP contribution in [-0.2, 0) is 6.42 Å². The van der Waals surface area contributed by atoms with Gasteiger partial charge in [-0.3, -0.25) is 9.78 Å². The van der Waals surface area contributed by atoms with E-state index < -0.39 is 0 Å². The molecule has 0 spiro atoms. The zero-order valence-corrected chi connectivity index (χ0v) is 13.9. The molecule has 0 radical (unpaired) electrons. The predicted molar refractivity (Wildman–Crippen MR) is 92.0 cm³/mol. The lowest BCUT2D eigenvalue weighted by Crippen LogP contribution is -2.31. The summed E-state index contributed by atoms with van der Waals surface area (Å²) in [5, 5.41) is 7.57. The molecule has 0 saturated carbocycles. The number of nitrogens with zero attached hydrogens (tertiary/aromatic N) is 3. The molecule has 0 bridgehead atoms. The summed E-state index contributed by atoms with van der Waals surface area (Å²) in [7, 11) is 0. The molecule has 1 atom stereocenters. The van der Waals surface area contributed by atoms with Crippen molar-refractivity contribution in [1.29, 1.82) is 0 Å². The molecule has 4 rings (SSSR count). The van der Waals surface area contributed by atoms with Gasteiger partial charge in [0.15, 0.2) is 0 Å². The van der Waals surface area contributed by atoms with Crippen LogP contribution in [0.4, 0.5) is 0 Å².